The summed E-state index contributed by atoms with van der Waals surface area (Å²) in [5.41, 5.74) is 2.01. The molecule has 0 unspecified atom stereocenters. The summed E-state index contributed by atoms with van der Waals surface area (Å²) in [6.45, 7) is 7.55. The maximum absolute atomic E-state index is 12.9. The Bertz CT molecular complexity index is 1170. The molecule has 3 heterocycles. The van der Waals surface area contributed by atoms with Gasteiger partial charge >= 0.3 is 12.4 Å². The highest BCUT2D eigenvalue weighted by molar-refractivity contribution is 5.87. The van der Waals surface area contributed by atoms with Crippen molar-refractivity contribution in [2.45, 2.75) is 25.7 Å². The molecule has 1 N–H and O–H groups in total. The molecule has 1 aliphatic carbocycles. The number of anilines is 1. The number of carbonyl (C=O) groups is 1. The number of fused-ring (bicyclic) bond motifs is 1. The molecule has 0 bridgehead atoms. The van der Waals surface area contributed by atoms with E-state index in [0.29, 0.717) is 63.7 Å². The second kappa shape index (κ2) is 12.0. The van der Waals surface area contributed by atoms with Crippen LogP contribution in [0.15, 0.2) is 48.1 Å². The van der Waals surface area contributed by atoms with E-state index in [1.54, 1.807) is 4.90 Å². The number of likely N-dealkylation sites (N-methyl/N-ethyl adjacent to an activating group) is 1. The zero-order chi connectivity index (χ0) is 28.2. The molecule has 1 aromatic heterocycles. The molecule has 1 aromatic rings. The van der Waals surface area contributed by atoms with Crippen LogP contribution in [0.4, 0.5) is 19.0 Å². The number of nitrogens with zero attached hydrogens (tertiary/aromatic N) is 6. The van der Waals surface area contributed by atoms with Crippen LogP contribution in [0, 0.1) is 0 Å². The third-order valence-corrected chi connectivity index (χ3v) is 6.59. The predicted molar refractivity (Wildman–Crippen MR) is 138 cm³/mol. The van der Waals surface area contributed by atoms with E-state index in [4.69, 9.17) is 9.72 Å². The zero-order valence-corrected chi connectivity index (χ0v) is 22.1. The van der Waals surface area contributed by atoms with Gasteiger partial charge in [0.05, 0.1) is 12.2 Å². The predicted octanol–water partition coefficient (Wildman–Crippen LogP) is 2.76. The fraction of sp³-hybridized carbons (Fsp3) is 0.500. The Morgan fingerprint density at radius 3 is 2.56 bits per heavy atom. The number of hydrogen-bond donors (Lipinski definition) is 1. The molecule has 0 saturated carbocycles. The molecule has 1 fully saturated rings. The number of halogens is 3. The normalized spacial score (nSPS) is 18.1. The molecule has 4 rings (SSSR count). The first-order valence-electron chi connectivity index (χ1n) is 12.7. The molecular weight excluding hydrogens is 517 g/mol. The Labute approximate surface area is 225 Å². The van der Waals surface area contributed by atoms with E-state index in [-0.39, 0.29) is 36.4 Å². The Morgan fingerprint density at radius 1 is 1.15 bits per heavy atom. The molecule has 1 saturated heterocycles. The van der Waals surface area contributed by atoms with Crippen molar-refractivity contribution in [3.05, 3.63) is 59.4 Å². The van der Waals surface area contributed by atoms with Crippen LogP contribution in [-0.2, 0) is 22.5 Å². The van der Waals surface area contributed by atoms with Crippen molar-refractivity contribution >= 4 is 11.7 Å². The van der Waals surface area contributed by atoms with Crippen LogP contribution < -0.4 is 9.64 Å². The van der Waals surface area contributed by atoms with Crippen LogP contribution in [0.25, 0.3) is 0 Å². The summed E-state index contributed by atoms with van der Waals surface area (Å²) in [4.78, 5) is 29.1. The molecule has 39 heavy (non-hydrogen) atoms. The number of carbonyl (C=O) groups excluding carboxylic acids is 1. The maximum Gasteiger partial charge on any atom is 0.572 e. The smallest absolute Gasteiger partial charge is 0.508 e. The summed E-state index contributed by atoms with van der Waals surface area (Å²) in [5.74, 6) is 0.167. The van der Waals surface area contributed by atoms with E-state index in [1.807, 2.05) is 23.9 Å². The van der Waals surface area contributed by atoms with Gasteiger partial charge in [-0.2, -0.15) is 9.97 Å². The van der Waals surface area contributed by atoms with Crippen LogP contribution in [0.5, 0.6) is 6.01 Å². The van der Waals surface area contributed by atoms with Gasteiger partial charge in [-0.05, 0) is 32.7 Å². The summed E-state index contributed by atoms with van der Waals surface area (Å²) >= 11 is 0. The van der Waals surface area contributed by atoms with E-state index in [0.717, 1.165) is 11.4 Å². The first kappa shape index (κ1) is 28.3. The molecule has 2 aliphatic heterocycles. The van der Waals surface area contributed by atoms with E-state index in [1.165, 1.54) is 24.3 Å². The third kappa shape index (κ3) is 7.43. The van der Waals surface area contributed by atoms with Crippen LogP contribution in [0.2, 0.25) is 0 Å². The molecule has 0 radical (unpaired) electrons. The van der Waals surface area contributed by atoms with E-state index in [2.05, 4.69) is 21.2 Å². The van der Waals surface area contributed by atoms with Crippen molar-refractivity contribution in [3.63, 3.8) is 0 Å². The molecule has 10 nitrogen and oxygen atoms in total. The van der Waals surface area contributed by atoms with Crippen molar-refractivity contribution in [1.82, 2.24) is 24.7 Å². The highest BCUT2D eigenvalue weighted by Crippen LogP contribution is 2.33. The quantitative estimate of drug-likeness (QED) is 0.491. The second-order valence-corrected chi connectivity index (χ2v) is 9.66. The number of alkyl halides is 3. The number of rotatable bonds is 8. The second-order valence-electron chi connectivity index (χ2n) is 9.66. The molecule has 3 aliphatic rings. The van der Waals surface area contributed by atoms with Crippen molar-refractivity contribution in [2.24, 2.45) is 0 Å². The number of amides is 1. The SMILES string of the molecule is C=CC(=O)N1CCN(c2nc(OCCN(C)C)nc3c2CCN(C2=CC(O)=CCC(OC(F)(F)F)=C2)C3)CC1. The zero-order valence-electron chi connectivity index (χ0n) is 22.1. The Kier molecular flexibility index (Phi) is 8.68. The van der Waals surface area contributed by atoms with Crippen molar-refractivity contribution < 1.29 is 32.5 Å². The van der Waals surface area contributed by atoms with Gasteiger partial charge < -0.3 is 34.2 Å². The lowest BCUT2D eigenvalue weighted by molar-refractivity contribution is -0.306. The number of aliphatic hydroxyl groups excluding tert-OH is 1. The number of aliphatic hydroxyl groups is 1. The standard InChI is InChI=1S/C26H33F3N6O4/c1-4-23(37)33-9-11-34(12-10-33)24-21-7-8-35(17-22(21)30-25(31-24)38-14-13-32(2)3)18-15-19(36)5-6-20(16-18)39-26(27,28)29/h4-5,15-16,36H,1,6-14,17H2,2-3H3. The molecule has 13 heteroatoms. The van der Waals surface area contributed by atoms with Crippen LogP contribution in [0.3, 0.4) is 0 Å². The van der Waals surface area contributed by atoms with Gasteiger partial charge in [0, 0.05) is 69.1 Å². The highest BCUT2D eigenvalue weighted by atomic mass is 19.4. The fourth-order valence-electron chi connectivity index (χ4n) is 4.61. The lowest BCUT2D eigenvalue weighted by Crippen LogP contribution is -2.49. The van der Waals surface area contributed by atoms with Gasteiger partial charge in [0.2, 0.25) is 5.91 Å². The van der Waals surface area contributed by atoms with Gasteiger partial charge in [-0.1, -0.05) is 6.58 Å². The van der Waals surface area contributed by atoms with E-state index in [9.17, 15) is 23.1 Å². The van der Waals surface area contributed by atoms with E-state index < -0.39 is 6.36 Å². The summed E-state index contributed by atoms with van der Waals surface area (Å²) < 4.78 is 48.7. The van der Waals surface area contributed by atoms with Crippen LogP contribution >= 0.6 is 0 Å². The first-order valence-corrected chi connectivity index (χ1v) is 12.7. The van der Waals surface area contributed by atoms with Crippen molar-refractivity contribution in [1.29, 1.82) is 0 Å². The Morgan fingerprint density at radius 2 is 1.90 bits per heavy atom. The van der Waals surface area contributed by atoms with Crippen LogP contribution in [0.1, 0.15) is 17.7 Å². The average Bonchev–Trinajstić information content (AvgIpc) is 3.07. The maximum atomic E-state index is 12.9. The number of allylic oxidation sites excluding steroid dienone is 3. The molecule has 1 amide bonds. The summed E-state index contributed by atoms with van der Waals surface area (Å²) in [6, 6.07) is 0.214. The number of hydrogen-bond acceptors (Lipinski definition) is 9. The summed E-state index contributed by atoms with van der Waals surface area (Å²) in [7, 11) is 3.86. The van der Waals surface area contributed by atoms with Crippen molar-refractivity contribution in [3.8, 4) is 6.01 Å². The average molecular weight is 551 g/mol. The van der Waals surface area contributed by atoms with Gasteiger partial charge in [-0.3, -0.25) is 4.79 Å². The molecular formula is C26H33F3N6O4. The van der Waals surface area contributed by atoms with Crippen LogP contribution in [-0.4, -0.2) is 102 Å². The minimum Gasteiger partial charge on any atom is -0.508 e. The van der Waals surface area contributed by atoms with E-state index >= 15 is 0 Å². The monoisotopic (exact) mass is 550 g/mol. The topological polar surface area (TPSA) is 94.5 Å². The summed E-state index contributed by atoms with van der Waals surface area (Å²) in [6.07, 6.45) is 0.805. The fourth-order valence-corrected chi connectivity index (χ4v) is 4.61. The molecule has 0 aromatic carbocycles. The molecule has 0 spiro atoms. The summed E-state index contributed by atoms with van der Waals surface area (Å²) in [5, 5.41) is 10.2. The largest absolute Gasteiger partial charge is 0.572 e. The van der Waals surface area contributed by atoms with Gasteiger partial charge in [-0.25, -0.2) is 0 Å². The molecule has 212 valence electrons. The van der Waals surface area contributed by atoms with Crippen molar-refractivity contribution in [2.75, 3.05) is 64.9 Å². The number of aromatic nitrogens is 2. The Balaban J connectivity index is 1.61. The number of piperazine rings is 1. The van der Waals surface area contributed by atoms with Gasteiger partial charge in [-0.15, -0.1) is 13.2 Å². The minimum absolute atomic E-state index is 0.112. The van der Waals surface area contributed by atoms with Gasteiger partial charge in [0.15, 0.2) is 0 Å². The van der Waals surface area contributed by atoms with Gasteiger partial charge in [0.25, 0.3) is 0 Å². The molecule has 0 atom stereocenters. The minimum atomic E-state index is -4.83. The lowest BCUT2D eigenvalue weighted by Gasteiger charge is -2.38. The lowest BCUT2D eigenvalue weighted by atomic mass is 10.0. The Hall–Kier alpha value is -3.74. The first-order chi connectivity index (χ1) is 18.5. The highest BCUT2D eigenvalue weighted by Gasteiger charge is 2.33. The third-order valence-electron chi connectivity index (χ3n) is 6.59. The van der Waals surface area contributed by atoms with Gasteiger partial charge in [0.1, 0.15) is 23.9 Å². The number of ether oxygens (including phenoxy) is 2.